The van der Waals surface area contributed by atoms with E-state index >= 15 is 0 Å². The fourth-order valence-corrected chi connectivity index (χ4v) is 3.39. The monoisotopic (exact) mass is 281 g/mol. The molecule has 0 aromatic rings. The zero-order valence-corrected chi connectivity index (χ0v) is 14.3. The molecule has 0 spiro atoms. The summed E-state index contributed by atoms with van der Waals surface area (Å²) in [5.41, 5.74) is 0.623. The van der Waals surface area contributed by atoms with Gasteiger partial charge in [-0.25, -0.2) is 0 Å². The Kier molecular flexibility index (Phi) is 5.14. The van der Waals surface area contributed by atoms with Crippen LogP contribution in [0.4, 0.5) is 0 Å². The van der Waals surface area contributed by atoms with Gasteiger partial charge in [0.25, 0.3) is 0 Å². The van der Waals surface area contributed by atoms with E-state index < -0.39 is 0 Å². The van der Waals surface area contributed by atoms with Crippen molar-refractivity contribution in [3.05, 3.63) is 0 Å². The van der Waals surface area contributed by atoms with Crippen molar-refractivity contribution < 1.29 is 0 Å². The molecule has 0 amide bonds. The molecule has 2 fully saturated rings. The average Bonchev–Trinajstić information content (AvgIpc) is 2.39. The third-order valence-electron chi connectivity index (χ3n) is 5.97. The molecule has 0 bridgehead atoms. The fourth-order valence-electron chi connectivity index (χ4n) is 3.39. The van der Waals surface area contributed by atoms with E-state index in [1.54, 1.807) is 0 Å². The van der Waals surface area contributed by atoms with E-state index in [2.05, 4.69) is 49.7 Å². The van der Waals surface area contributed by atoms with Crippen molar-refractivity contribution in [2.24, 2.45) is 11.3 Å². The van der Waals surface area contributed by atoms with Crippen LogP contribution < -0.4 is 5.32 Å². The Labute approximate surface area is 126 Å². The van der Waals surface area contributed by atoms with Gasteiger partial charge in [0.1, 0.15) is 0 Å². The molecule has 2 aliphatic rings. The molecule has 2 aliphatic heterocycles. The molecule has 0 atom stereocenters. The van der Waals surface area contributed by atoms with Gasteiger partial charge in [-0.3, -0.25) is 4.90 Å². The first-order valence-corrected chi connectivity index (χ1v) is 8.49. The number of piperidine rings is 1. The summed E-state index contributed by atoms with van der Waals surface area (Å²) < 4.78 is 0. The second-order valence-corrected chi connectivity index (χ2v) is 8.29. The maximum absolute atomic E-state index is 3.47. The van der Waals surface area contributed by atoms with Crippen LogP contribution in [0, 0.1) is 11.3 Å². The lowest BCUT2D eigenvalue weighted by molar-refractivity contribution is -0.0159. The SMILES string of the molecule is CC(C)(C)C(C)(C)N1CCN(CC2CCNCC2)CC1. The normalized spacial score (nSPS) is 25.1. The molecule has 2 rings (SSSR count). The quantitative estimate of drug-likeness (QED) is 0.857. The molecule has 0 aliphatic carbocycles. The summed E-state index contributed by atoms with van der Waals surface area (Å²) in [6.07, 6.45) is 2.74. The van der Waals surface area contributed by atoms with Crippen molar-refractivity contribution in [3.63, 3.8) is 0 Å². The van der Waals surface area contributed by atoms with Gasteiger partial charge in [0.05, 0.1) is 0 Å². The van der Waals surface area contributed by atoms with Crippen LogP contribution in [0.2, 0.25) is 0 Å². The Morgan fingerprint density at radius 2 is 1.45 bits per heavy atom. The van der Waals surface area contributed by atoms with Gasteiger partial charge in [0.2, 0.25) is 0 Å². The Morgan fingerprint density at radius 3 is 1.95 bits per heavy atom. The van der Waals surface area contributed by atoms with Gasteiger partial charge in [-0.15, -0.1) is 0 Å². The van der Waals surface area contributed by atoms with E-state index in [0.29, 0.717) is 5.41 Å². The molecule has 3 nitrogen and oxygen atoms in total. The molecule has 2 saturated heterocycles. The van der Waals surface area contributed by atoms with Gasteiger partial charge in [0.15, 0.2) is 0 Å². The lowest BCUT2D eigenvalue weighted by atomic mass is 9.75. The molecular formula is C17H35N3. The second-order valence-electron chi connectivity index (χ2n) is 8.29. The first-order valence-electron chi connectivity index (χ1n) is 8.49. The smallest absolute Gasteiger partial charge is 0.0202 e. The molecule has 118 valence electrons. The molecular weight excluding hydrogens is 246 g/mol. The minimum Gasteiger partial charge on any atom is -0.317 e. The van der Waals surface area contributed by atoms with Crippen LogP contribution in [0.1, 0.15) is 47.5 Å². The Balaban J connectivity index is 1.80. The summed E-state index contributed by atoms with van der Waals surface area (Å²) in [6.45, 7) is 20.7. The Hall–Kier alpha value is -0.120. The summed E-state index contributed by atoms with van der Waals surface area (Å²) in [5, 5.41) is 3.47. The molecule has 3 heteroatoms. The highest BCUT2D eigenvalue weighted by Crippen LogP contribution is 2.35. The average molecular weight is 281 g/mol. The second kappa shape index (κ2) is 6.33. The largest absolute Gasteiger partial charge is 0.317 e. The van der Waals surface area contributed by atoms with Crippen molar-refractivity contribution in [1.82, 2.24) is 15.1 Å². The van der Waals surface area contributed by atoms with Gasteiger partial charge in [-0.2, -0.15) is 0 Å². The number of piperazine rings is 1. The standard InChI is InChI=1S/C17H35N3/c1-16(2,3)17(4,5)20-12-10-19(11-13-20)14-15-6-8-18-9-7-15/h15,18H,6-14H2,1-5H3. The highest BCUT2D eigenvalue weighted by molar-refractivity contribution is 4.94. The zero-order valence-electron chi connectivity index (χ0n) is 14.3. The van der Waals surface area contributed by atoms with Crippen LogP contribution in [0.5, 0.6) is 0 Å². The number of hydrogen-bond acceptors (Lipinski definition) is 3. The van der Waals surface area contributed by atoms with Crippen molar-refractivity contribution in [1.29, 1.82) is 0 Å². The van der Waals surface area contributed by atoms with E-state index in [1.165, 1.54) is 58.7 Å². The molecule has 2 heterocycles. The maximum Gasteiger partial charge on any atom is 0.0202 e. The Bertz CT molecular complexity index is 292. The number of rotatable bonds is 3. The van der Waals surface area contributed by atoms with Gasteiger partial charge < -0.3 is 10.2 Å². The molecule has 0 unspecified atom stereocenters. The summed E-state index contributed by atoms with van der Waals surface area (Å²) in [5.74, 6) is 0.929. The molecule has 0 aromatic carbocycles. The van der Waals surface area contributed by atoms with Crippen molar-refractivity contribution in [2.75, 3.05) is 45.8 Å². The predicted octanol–water partition coefficient (Wildman–Crippen LogP) is 2.43. The van der Waals surface area contributed by atoms with Crippen molar-refractivity contribution >= 4 is 0 Å². The topological polar surface area (TPSA) is 18.5 Å². The van der Waals surface area contributed by atoms with Gasteiger partial charge in [-0.05, 0) is 51.1 Å². The highest BCUT2D eigenvalue weighted by Gasteiger charge is 2.39. The third kappa shape index (κ3) is 3.75. The van der Waals surface area contributed by atoms with E-state index in [0.717, 1.165) is 5.92 Å². The summed E-state index contributed by atoms with van der Waals surface area (Å²) >= 11 is 0. The first kappa shape index (κ1) is 16.3. The fraction of sp³-hybridized carbons (Fsp3) is 1.00. The lowest BCUT2D eigenvalue weighted by Gasteiger charge is -2.51. The van der Waals surface area contributed by atoms with E-state index in [4.69, 9.17) is 0 Å². The van der Waals surface area contributed by atoms with Gasteiger partial charge >= 0.3 is 0 Å². The van der Waals surface area contributed by atoms with Crippen molar-refractivity contribution in [3.8, 4) is 0 Å². The minimum absolute atomic E-state index is 0.286. The first-order chi connectivity index (χ1) is 9.30. The number of hydrogen-bond donors (Lipinski definition) is 1. The summed E-state index contributed by atoms with van der Waals surface area (Å²) in [6, 6.07) is 0. The molecule has 0 saturated carbocycles. The maximum atomic E-state index is 3.47. The van der Waals surface area contributed by atoms with Crippen LogP contribution >= 0.6 is 0 Å². The van der Waals surface area contributed by atoms with Crippen LogP contribution in [0.25, 0.3) is 0 Å². The number of nitrogens with one attached hydrogen (secondary N) is 1. The van der Waals surface area contributed by atoms with Crippen LogP contribution in [-0.2, 0) is 0 Å². The van der Waals surface area contributed by atoms with Gasteiger partial charge in [0, 0.05) is 38.3 Å². The van der Waals surface area contributed by atoms with E-state index in [9.17, 15) is 0 Å². The van der Waals surface area contributed by atoms with Crippen LogP contribution in [0.3, 0.4) is 0 Å². The van der Waals surface area contributed by atoms with E-state index in [-0.39, 0.29) is 5.54 Å². The zero-order chi connectivity index (χ0) is 14.8. The summed E-state index contributed by atoms with van der Waals surface area (Å²) in [4.78, 5) is 5.40. The predicted molar refractivity (Wildman–Crippen MR) is 87.1 cm³/mol. The molecule has 20 heavy (non-hydrogen) atoms. The van der Waals surface area contributed by atoms with Gasteiger partial charge in [-0.1, -0.05) is 20.8 Å². The molecule has 1 N–H and O–H groups in total. The Morgan fingerprint density at radius 1 is 0.900 bits per heavy atom. The van der Waals surface area contributed by atoms with Crippen LogP contribution in [0.15, 0.2) is 0 Å². The lowest BCUT2D eigenvalue weighted by Crippen LogP contribution is -2.59. The molecule has 0 radical (unpaired) electrons. The van der Waals surface area contributed by atoms with Crippen molar-refractivity contribution in [2.45, 2.75) is 53.0 Å². The number of nitrogens with zero attached hydrogens (tertiary/aromatic N) is 2. The summed E-state index contributed by atoms with van der Waals surface area (Å²) in [7, 11) is 0. The molecule has 0 aromatic heterocycles. The highest BCUT2D eigenvalue weighted by atomic mass is 15.3. The third-order valence-corrected chi connectivity index (χ3v) is 5.97. The van der Waals surface area contributed by atoms with Crippen LogP contribution in [-0.4, -0.2) is 61.2 Å². The minimum atomic E-state index is 0.286. The van der Waals surface area contributed by atoms with E-state index in [1.807, 2.05) is 0 Å².